The van der Waals surface area contributed by atoms with Gasteiger partial charge in [0.25, 0.3) is 0 Å². The molecule has 0 spiro atoms. The van der Waals surface area contributed by atoms with Crippen LogP contribution < -0.4 is 5.32 Å². The highest BCUT2D eigenvalue weighted by molar-refractivity contribution is 6.31. The van der Waals surface area contributed by atoms with Gasteiger partial charge in [-0.2, -0.15) is 0 Å². The molecule has 1 aromatic heterocycles. The number of urea groups is 1. The molecule has 0 fully saturated rings. The van der Waals surface area contributed by atoms with E-state index in [1.165, 1.54) is 0 Å². The van der Waals surface area contributed by atoms with Gasteiger partial charge in [0.05, 0.1) is 17.9 Å². The van der Waals surface area contributed by atoms with E-state index >= 15 is 0 Å². The van der Waals surface area contributed by atoms with Crippen molar-refractivity contribution >= 4 is 23.3 Å². The van der Waals surface area contributed by atoms with Crippen LogP contribution in [0.3, 0.4) is 0 Å². The summed E-state index contributed by atoms with van der Waals surface area (Å²) in [4.78, 5) is 15.7. The molecular formula is C27H24ClN3O. The number of nitrogens with one attached hydrogen (secondary N) is 1. The molecule has 1 aliphatic heterocycles. The summed E-state index contributed by atoms with van der Waals surface area (Å²) in [6, 6.07) is 25.6. The number of fused-ring (bicyclic) bond motifs is 3. The van der Waals surface area contributed by atoms with Crippen LogP contribution in [0.25, 0.3) is 5.69 Å². The van der Waals surface area contributed by atoms with Crippen molar-refractivity contribution in [1.82, 2.24) is 9.47 Å². The Morgan fingerprint density at radius 2 is 1.75 bits per heavy atom. The molecule has 0 unspecified atom stereocenters. The first kappa shape index (κ1) is 20.4. The fraction of sp³-hybridized carbons (Fsp3) is 0.148. The molecular weight excluding hydrogens is 418 g/mol. The van der Waals surface area contributed by atoms with E-state index in [0.717, 1.165) is 39.3 Å². The molecule has 4 aromatic rings. The third-order valence-electron chi connectivity index (χ3n) is 6.06. The molecule has 5 heteroatoms. The maximum absolute atomic E-state index is 13.8. The number of rotatable bonds is 2. The van der Waals surface area contributed by atoms with Crippen LogP contribution in [0.5, 0.6) is 0 Å². The highest BCUT2D eigenvalue weighted by Gasteiger charge is 2.34. The van der Waals surface area contributed by atoms with Crippen molar-refractivity contribution in [2.75, 3.05) is 5.32 Å². The molecule has 160 valence electrons. The predicted molar refractivity (Wildman–Crippen MR) is 130 cm³/mol. The van der Waals surface area contributed by atoms with E-state index in [2.05, 4.69) is 28.1 Å². The number of halogens is 1. The smallest absolute Gasteiger partial charge is 0.318 e. The number of aromatic nitrogens is 1. The number of nitrogens with zero attached hydrogens (tertiary/aromatic N) is 2. The Hall–Kier alpha value is -3.50. The van der Waals surface area contributed by atoms with Gasteiger partial charge >= 0.3 is 6.03 Å². The Labute approximate surface area is 193 Å². The average Bonchev–Trinajstić information content (AvgIpc) is 3.21. The van der Waals surface area contributed by atoms with Crippen LogP contribution in [-0.2, 0) is 6.54 Å². The van der Waals surface area contributed by atoms with Crippen LogP contribution in [0.1, 0.15) is 34.0 Å². The zero-order valence-electron chi connectivity index (χ0n) is 18.0. The Morgan fingerprint density at radius 3 is 2.59 bits per heavy atom. The van der Waals surface area contributed by atoms with Gasteiger partial charge in [0, 0.05) is 16.9 Å². The van der Waals surface area contributed by atoms with E-state index in [-0.39, 0.29) is 12.1 Å². The number of carbonyl (C=O) groups is 1. The largest absolute Gasteiger partial charge is 0.322 e. The lowest BCUT2D eigenvalue weighted by Gasteiger charge is -2.31. The number of benzene rings is 3. The van der Waals surface area contributed by atoms with Crippen molar-refractivity contribution in [2.45, 2.75) is 26.4 Å². The summed E-state index contributed by atoms with van der Waals surface area (Å²) >= 11 is 6.66. The van der Waals surface area contributed by atoms with Gasteiger partial charge in [0.15, 0.2) is 0 Å². The molecule has 5 rings (SSSR count). The SMILES string of the molecule is Cc1ccc(C)c(NC(=O)N2Cc3ccccc3-n3cccc3[C@@H]2c2ccccc2Cl)c1. The zero-order valence-corrected chi connectivity index (χ0v) is 18.8. The van der Waals surface area contributed by atoms with E-state index < -0.39 is 0 Å². The van der Waals surface area contributed by atoms with Gasteiger partial charge in [-0.3, -0.25) is 0 Å². The van der Waals surface area contributed by atoms with E-state index in [1.54, 1.807) is 0 Å². The van der Waals surface area contributed by atoms with Crippen LogP contribution in [0, 0.1) is 13.8 Å². The molecule has 2 amide bonds. The molecule has 1 atom stereocenters. The molecule has 0 radical (unpaired) electrons. The second-order valence-electron chi connectivity index (χ2n) is 8.23. The molecule has 0 aliphatic carbocycles. The number of carbonyl (C=O) groups excluding carboxylic acids is 1. The summed E-state index contributed by atoms with van der Waals surface area (Å²) in [5.74, 6) is 0. The molecule has 32 heavy (non-hydrogen) atoms. The normalized spacial score (nSPS) is 15.0. The van der Waals surface area contributed by atoms with E-state index in [1.807, 2.05) is 85.6 Å². The lowest BCUT2D eigenvalue weighted by Crippen LogP contribution is -2.38. The van der Waals surface area contributed by atoms with Gasteiger partial charge in [-0.1, -0.05) is 60.1 Å². The fourth-order valence-corrected chi connectivity index (χ4v) is 4.66. The number of aryl methyl sites for hydroxylation is 2. The quantitative estimate of drug-likeness (QED) is 0.361. The van der Waals surface area contributed by atoms with Crippen LogP contribution in [0.2, 0.25) is 5.02 Å². The lowest BCUT2D eigenvalue weighted by molar-refractivity contribution is 0.194. The Bertz CT molecular complexity index is 1310. The Kier molecular flexibility index (Phi) is 5.24. The first-order valence-electron chi connectivity index (χ1n) is 10.7. The minimum absolute atomic E-state index is 0.159. The zero-order chi connectivity index (χ0) is 22.2. The third-order valence-corrected chi connectivity index (χ3v) is 6.40. The van der Waals surface area contributed by atoms with E-state index in [0.29, 0.717) is 11.6 Å². The molecule has 3 aromatic carbocycles. The summed E-state index contributed by atoms with van der Waals surface area (Å²) < 4.78 is 2.16. The Morgan fingerprint density at radius 1 is 0.969 bits per heavy atom. The third kappa shape index (κ3) is 3.57. The molecule has 0 bridgehead atoms. The van der Waals surface area contributed by atoms with Crippen molar-refractivity contribution in [2.24, 2.45) is 0 Å². The summed E-state index contributed by atoms with van der Waals surface area (Å²) in [5.41, 5.74) is 7.00. The van der Waals surface area contributed by atoms with E-state index in [4.69, 9.17) is 11.6 Å². The number of amides is 2. The van der Waals surface area contributed by atoms with Crippen molar-refractivity contribution in [3.05, 3.63) is 118 Å². The molecule has 0 saturated carbocycles. The Balaban J connectivity index is 1.66. The highest BCUT2D eigenvalue weighted by Crippen LogP contribution is 2.39. The summed E-state index contributed by atoms with van der Waals surface area (Å²) in [6.07, 6.45) is 2.05. The minimum atomic E-state index is -0.337. The average molecular weight is 442 g/mol. The number of hydrogen-bond acceptors (Lipinski definition) is 1. The lowest BCUT2D eigenvalue weighted by atomic mass is 10.0. The van der Waals surface area contributed by atoms with Gasteiger partial charge in [-0.05, 0) is 66.4 Å². The van der Waals surface area contributed by atoms with Crippen molar-refractivity contribution in [3.8, 4) is 5.69 Å². The molecule has 4 nitrogen and oxygen atoms in total. The van der Waals surface area contributed by atoms with Gasteiger partial charge in [0.1, 0.15) is 6.04 Å². The van der Waals surface area contributed by atoms with Gasteiger partial charge < -0.3 is 14.8 Å². The summed E-state index contributed by atoms with van der Waals surface area (Å²) in [6.45, 7) is 4.49. The first-order valence-corrected chi connectivity index (χ1v) is 11.1. The summed E-state index contributed by atoms with van der Waals surface area (Å²) in [7, 11) is 0. The molecule has 0 saturated heterocycles. The second kappa shape index (κ2) is 8.21. The first-order chi connectivity index (χ1) is 15.5. The monoisotopic (exact) mass is 441 g/mol. The number of anilines is 1. The van der Waals surface area contributed by atoms with Crippen LogP contribution in [0.4, 0.5) is 10.5 Å². The van der Waals surface area contributed by atoms with Crippen LogP contribution in [-0.4, -0.2) is 15.5 Å². The number of hydrogen-bond donors (Lipinski definition) is 1. The fourth-order valence-electron chi connectivity index (χ4n) is 4.42. The van der Waals surface area contributed by atoms with Gasteiger partial charge in [0.2, 0.25) is 0 Å². The topological polar surface area (TPSA) is 37.3 Å². The second-order valence-corrected chi connectivity index (χ2v) is 8.64. The van der Waals surface area contributed by atoms with Crippen molar-refractivity contribution in [3.63, 3.8) is 0 Å². The molecule has 2 heterocycles. The van der Waals surface area contributed by atoms with Crippen LogP contribution >= 0.6 is 11.6 Å². The molecule has 1 aliphatic rings. The van der Waals surface area contributed by atoms with Crippen LogP contribution in [0.15, 0.2) is 85.1 Å². The van der Waals surface area contributed by atoms with Gasteiger partial charge in [-0.15, -0.1) is 0 Å². The maximum Gasteiger partial charge on any atom is 0.322 e. The minimum Gasteiger partial charge on any atom is -0.318 e. The summed E-state index contributed by atoms with van der Waals surface area (Å²) in [5, 5.41) is 3.80. The predicted octanol–water partition coefficient (Wildman–Crippen LogP) is 6.88. The maximum atomic E-state index is 13.8. The number of para-hydroxylation sites is 1. The van der Waals surface area contributed by atoms with Crippen molar-refractivity contribution in [1.29, 1.82) is 0 Å². The van der Waals surface area contributed by atoms with E-state index in [9.17, 15) is 4.79 Å². The van der Waals surface area contributed by atoms with Gasteiger partial charge in [-0.25, -0.2) is 4.79 Å². The highest BCUT2D eigenvalue weighted by atomic mass is 35.5. The van der Waals surface area contributed by atoms with Crippen molar-refractivity contribution < 1.29 is 4.79 Å². The molecule has 1 N–H and O–H groups in total. The standard InChI is InChI=1S/C27H24ClN3O/c1-18-13-14-19(2)23(16-18)29-27(32)31-17-20-8-3-6-11-24(20)30-15-7-12-25(30)26(31)21-9-4-5-10-22(21)28/h3-16,26H,17H2,1-2H3,(H,29,32)/t26-/m0/s1.